The van der Waals surface area contributed by atoms with Gasteiger partial charge >= 0.3 is 0 Å². The summed E-state index contributed by atoms with van der Waals surface area (Å²) in [7, 11) is 0. The van der Waals surface area contributed by atoms with E-state index in [1.807, 2.05) is 31.2 Å². The van der Waals surface area contributed by atoms with Crippen LogP contribution in [0, 0.1) is 18.8 Å². The first-order chi connectivity index (χ1) is 12.1. The van der Waals surface area contributed by atoms with Crippen molar-refractivity contribution in [2.45, 2.75) is 32.3 Å². The molecule has 2 heterocycles. The third-order valence-electron chi connectivity index (χ3n) is 5.16. The zero-order chi connectivity index (χ0) is 17.8. The van der Waals surface area contributed by atoms with Crippen LogP contribution < -0.4 is 10.2 Å². The van der Waals surface area contributed by atoms with Gasteiger partial charge in [0.1, 0.15) is 5.92 Å². The number of nitrogens with one attached hydrogen (secondary N) is 1. The number of benzene rings is 1. The number of aliphatic hydroxyl groups is 1. The lowest BCUT2D eigenvalue weighted by atomic mass is 9.94. The average molecular weight is 346 g/mol. The lowest BCUT2D eigenvalue weighted by Crippen LogP contribution is -2.42. The number of hydrogen-bond donors (Lipinski definition) is 2. The summed E-state index contributed by atoms with van der Waals surface area (Å²) in [5.41, 5.74) is 1.96. The van der Waals surface area contributed by atoms with Gasteiger partial charge in [0, 0.05) is 32.0 Å². The van der Waals surface area contributed by atoms with Crippen LogP contribution in [0.25, 0.3) is 0 Å². The zero-order valence-electron chi connectivity index (χ0n) is 14.6. The van der Waals surface area contributed by atoms with Gasteiger partial charge in [-0.1, -0.05) is 17.7 Å². The maximum absolute atomic E-state index is 12.6. The fraction of sp³-hybridized carbons (Fsp3) is 0.579. The van der Waals surface area contributed by atoms with Crippen molar-refractivity contribution in [2.24, 2.45) is 11.8 Å². The minimum Gasteiger partial charge on any atom is -0.391 e. The van der Waals surface area contributed by atoms with Gasteiger partial charge in [-0.3, -0.25) is 9.59 Å². The molecule has 136 valence electrons. The van der Waals surface area contributed by atoms with E-state index in [9.17, 15) is 14.7 Å². The van der Waals surface area contributed by atoms with Gasteiger partial charge in [0.25, 0.3) is 0 Å². The number of ether oxygens (including phenoxy) is 1. The van der Waals surface area contributed by atoms with Gasteiger partial charge in [0.15, 0.2) is 0 Å². The van der Waals surface area contributed by atoms with E-state index in [1.165, 1.54) is 0 Å². The van der Waals surface area contributed by atoms with Crippen LogP contribution in [-0.4, -0.2) is 49.3 Å². The molecule has 2 aliphatic heterocycles. The van der Waals surface area contributed by atoms with Crippen LogP contribution in [-0.2, 0) is 14.3 Å². The van der Waals surface area contributed by atoms with Gasteiger partial charge in [-0.2, -0.15) is 0 Å². The smallest absolute Gasteiger partial charge is 0.239 e. The van der Waals surface area contributed by atoms with Crippen molar-refractivity contribution in [3.8, 4) is 0 Å². The van der Waals surface area contributed by atoms with Crippen LogP contribution in [0.1, 0.15) is 24.8 Å². The van der Waals surface area contributed by atoms with Gasteiger partial charge in [-0.05, 0) is 44.2 Å². The van der Waals surface area contributed by atoms with Crippen molar-refractivity contribution in [1.82, 2.24) is 5.32 Å². The molecule has 2 atom stereocenters. The second-order valence-electron chi connectivity index (χ2n) is 6.93. The van der Waals surface area contributed by atoms with Crippen molar-refractivity contribution in [2.75, 3.05) is 31.2 Å². The monoisotopic (exact) mass is 346 g/mol. The molecule has 25 heavy (non-hydrogen) atoms. The average Bonchev–Trinajstić information content (AvgIpc) is 3.02. The van der Waals surface area contributed by atoms with Gasteiger partial charge in [0.2, 0.25) is 11.8 Å². The molecule has 0 aliphatic carbocycles. The lowest BCUT2D eigenvalue weighted by Gasteiger charge is -2.27. The predicted octanol–water partition coefficient (Wildman–Crippen LogP) is 1.25. The van der Waals surface area contributed by atoms with E-state index < -0.39 is 12.0 Å². The fourth-order valence-corrected chi connectivity index (χ4v) is 3.50. The zero-order valence-corrected chi connectivity index (χ0v) is 14.6. The maximum atomic E-state index is 12.6. The Morgan fingerprint density at radius 3 is 2.64 bits per heavy atom. The maximum Gasteiger partial charge on any atom is 0.239 e. The first-order valence-corrected chi connectivity index (χ1v) is 8.98. The SMILES string of the molecule is Cc1ccc(N2CC[C@H](C(=O)NC[C@H](O)C3CCOCC3)C2=O)cc1. The molecule has 0 saturated carbocycles. The standard InChI is InChI=1S/C19H26N2O4/c1-13-2-4-15(5-3-13)21-9-6-16(19(21)24)18(23)20-12-17(22)14-7-10-25-11-8-14/h2-5,14,16-17,22H,6-12H2,1H3,(H,20,23)/t16-,17+/m1/s1. The Morgan fingerprint density at radius 2 is 1.96 bits per heavy atom. The van der Waals surface area contributed by atoms with Crippen LogP contribution >= 0.6 is 0 Å². The molecule has 1 aromatic carbocycles. The summed E-state index contributed by atoms with van der Waals surface area (Å²) >= 11 is 0. The van der Waals surface area contributed by atoms with Crippen LogP contribution in [0.4, 0.5) is 5.69 Å². The predicted molar refractivity (Wildman–Crippen MR) is 94.2 cm³/mol. The highest BCUT2D eigenvalue weighted by Crippen LogP contribution is 2.26. The van der Waals surface area contributed by atoms with E-state index in [0.29, 0.717) is 26.2 Å². The Balaban J connectivity index is 1.52. The molecule has 6 heteroatoms. The van der Waals surface area contributed by atoms with E-state index in [-0.39, 0.29) is 24.3 Å². The van der Waals surface area contributed by atoms with E-state index in [0.717, 1.165) is 24.1 Å². The van der Waals surface area contributed by atoms with E-state index >= 15 is 0 Å². The number of nitrogens with zero attached hydrogens (tertiary/aromatic N) is 1. The quantitative estimate of drug-likeness (QED) is 0.787. The normalized spacial score (nSPS) is 22.9. The molecule has 1 aromatic rings. The lowest BCUT2D eigenvalue weighted by molar-refractivity contribution is -0.132. The summed E-state index contributed by atoms with van der Waals surface area (Å²) in [4.78, 5) is 26.6. The minimum atomic E-state index is -0.664. The van der Waals surface area contributed by atoms with E-state index in [4.69, 9.17) is 4.74 Å². The highest BCUT2D eigenvalue weighted by molar-refractivity contribution is 6.09. The Labute approximate surface area is 148 Å². The van der Waals surface area contributed by atoms with Crippen LogP contribution in [0.15, 0.2) is 24.3 Å². The third-order valence-corrected chi connectivity index (χ3v) is 5.16. The summed E-state index contributed by atoms with van der Waals surface area (Å²) in [6.45, 7) is 4.04. The minimum absolute atomic E-state index is 0.150. The van der Waals surface area contributed by atoms with E-state index in [1.54, 1.807) is 4.90 Å². The number of rotatable bonds is 5. The molecule has 2 fully saturated rings. The summed E-state index contributed by atoms with van der Waals surface area (Å²) in [6.07, 6.45) is 1.53. The van der Waals surface area contributed by atoms with Gasteiger partial charge < -0.3 is 20.1 Å². The van der Waals surface area contributed by atoms with Crippen molar-refractivity contribution < 1.29 is 19.4 Å². The molecular formula is C19H26N2O4. The first kappa shape index (κ1) is 17.9. The number of carbonyl (C=O) groups excluding carboxylic acids is 2. The Morgan fingerprint density at radius 1 is 1.28 bits per heavy atom. The van der Waals surface area contributed by atoms with Crippen LogP contribution in [0.3, 0.4) is 0 Å². The topological polar surface area (TPSA) is 78.9 Å². The molecule has 3 rings (SSSR count). The number of carbonyl (C=O) groups is 2. The van der Waals surface area contributed by atoms with Crippen LogP contribution in [0.5, 0.6) is 0 Å². The second-order valence-corrected chi connectivity index (χ2v) is 6.93. The molecule has 2 saturated heterocycles. The summed E-state index contributed by atoms with van der Waals surface area (Å²) in [5, 5.41) is 13.0. The van der Waals surface area contributed by atoms with Crippen molar-refractivity contribution in [3.63, 3.8) is 0 Å². The molecular weight excluding hydrogens is 320 g/mol. The Hall–Kier alpha value is -1.92. The van der Waals surface area contributed by atoms with Crippen LogP contribution in [0.2, 0.25) is 0 Å². The Bertz CT molecular complexity index is 610. The molecule has 0 radical (unpaired) electrons. The number of aliphatic hydroxyl groups excluding tert-OH is 1. The molecule has 0 unspecified atom stereocenters. The molecule has 2 N–H and O–H groups in total. The molecule has 0 aromatic heterocycles. The summed E-state index contributed by atoms with van der Waals surface area (Å²) in [5.74, 6) is -0.965. The third kappa shape index (κ3) is 4.19. The molecule has 0 spiro atoms. The van der Waals surface area contributed by atoms with E-state index in [2.05, 4.69) is 5.32 Å². The fourth-order valence-electron chi connectivity index (χ4n) is 3.50. The summed E-state index contributed by atoms with van der Waals surface area (Å²) in [6, 6.07) is 7.73. The number of amides is 2. The number of anilines is 1. The molecule has 6 nitrogen and oxygen atoms in total. The summed E-state index contributed by atoms with van der Waals surface area (Å²) < 4.78 is 5.28. The molecule has 0 bridgehead atoms. The van der Waals surface area contributed by atoms with Gasteiger partial charge in [-0.15, -0.1) is 0 Å². The van der Waals surface area contributed by atoms with Gasteiger partial charge in [-0.25, -0.2) is 0 Å². The molecule has 2 amide bonds. The van der Waals surface area contributed by atoms with Crippen molar-refractivity contribution >= 4 is 17.5 Å². The number of aryl methyl sites for hydroxylation is 1. The second kappa shape index (κ2) is 7.97. The largest absolute Gasteiger partial charge is 0.391 e. The van der Waals surface area contributed by atoms with Crippen molar-refractivity contribution in [3.05, 3.63) is 29.8 Å². The number of hydrogen-bond acceptors (Lipinski definition) is 4. The highest BCUT2D eigenvalue weighted by Gasteiger charge is 2.37. The highest BCUT2D eigenvalue weighted by atomic mass is 16.5. The Kier molecular flexibility index (Phi) is 5.71. The first-order valence-electron chi connectivity index (χ1n) is 8.98. The van der Waals surface area contributed by atoms with Crippen molar-refractivity contribution in [1.29, 1.82) is 0 Å². The van der Waals surface area contributed by atoms with Gasteiger partial charge in [0.05, 0.1) is 6.10 Å². The molecule has 2 aliphatic rings.